The summed E-state index contributed by atoms with van der Waals surface area (Å²) in [6.07, 6.45) is 7.38. The number of hydrogen-bond donors (Lipinski definition) is 2. The van der Waals surface area contributed by atoms with Crippen LogP contribution < -0.4 is 10.6 Å². The third-order valence-corrected chi connectivity index (χ3v) is 6.57. The summed E-state index contributed by atoms with van der Waals surface area (Å²) in [7, 11) is 0. The van der Waals surface area contributed by atoms with Gasteiger partial charge in [-0.2, -0.15) is 0 Å². The first kappa shape index (κ1) is 19.7. The van der Waals surface area contributed by atoms with Crippen molar-refractivity contribution in [2.75, 3.05) is 19.6 Å². The monoisotopic (exact) mass is 381 g/mol. The van der Waals surface area contributed by atoms with Gasteiger partial charge in [0.05, 0.1) is 6.54 Å². The van der Waals surface area contributed by atoms with Crippen LogP contribution in [0.2, 0.25) is 0 Å². The van der Waals surface area contributed by atoms with Crippen LogP contribution in [0.5, 0.6) is 0 Å². The molecule has 1 heterocycles. The van der Waals surface area contributed by atoms with Crippen molar-refractivity contribution in [2.45, 2.75) is 64.6 Å². The van der Waals surface area contributed by atoms with Crippen molar-refractivity contribution in [3.63, 3.8) is 0 Å². The van der Waals surface area contributed by atoms with Gasteiger partial charge in [-0.25, -0.2) is 0 Å². The Morgan fingerprint density at radius 1 is 1.25 bits per heavy atom. The number of likely N-dealkylation sites (tertiary alicyclic amines) is 1. The first-order valence-corrected chi connectivity index (χ1v) is 11.0. The molecule has 0 bridgehead atoms. The summed E-state index contributed by atoms with van der Waals surface area (Å²) in [4.78, 5) is 14.2. The van der Waals surface area contributed by atoms with Crippen molar-refractivity contribution in [3.8, 4) is 0 Å². The second kappa shape index (κ2) is 8.00. The molecule has 1 spiro atoms. The number of hydrogen-bond acceptors (Lipinski definition) is 3. The van der Waals surface area contributed by atoms with E-state index in [2.05, 4.69) is 58.9 Å². The van der Waals surface area contributed by atoms with Gasteiger partial charge in [-0.3, -0.25) is 9.69 Å². The van der Waals surface area contributed by atoms with Crippen LogP contribution in [-0.2, 0) is 4.79 Å². The van der Waals surface area contributed by atoms with E-state index in [0.29, 0.717) is 24.0 Å². The summed E-state index contributed by atoms with van der Waals surface area (Å²) in [6.45, 7) is 9.06. The molecule has 1 amide bonds. The van der Waals surface area contributed by atoms with E-state index in [-0.39, 0.29) is 11.9 Å². The van der Waals surface area contributed by atoms with E-state index in [9.17, 15) is 4.79 Å². The lowest BCUT2D eigenvalue weighted by Gasteiger charge is -2.59. The Kier molecular flexibility index (Phi) is 5.62. The Labute approximate surface area is 169 Å². The highest BCUT2D eigenvalue weighted by Crippen LogP contribution is 2.50. The molecule has 1 aromatic carbocycles. The van der Waals surface area contributed by atoms with E-state index in [1.807, 2.05) is 13.8 Å². The normalized spacial score (nSPS) is 26.8. The van der Waals surface area contributed by atoms with E-state index in [0.717, 1.165) is 25.4 Å². The Morgan fingerprint density at radius 2 is 1.96 bits per heavy atom. The SMILES string of the molecule is CC/C(=C\c1ccccc1)[C@@H]1C[C@H]1NC1CC2(C1)CN(CC(=O)NC(C)C)C2. The highest BCUT2D eigenvalue weighted by atomic mass is 16.2. The lowest BCUT2D eigenvalue weighted by molar-refractivity contribution is -0.130. The van der Waals surface area contributed by atoms with Crippen molar-refractivity contribution < 1.29 is 4.79 Å². The highest BCUT2D eigenvalue weighted by molar-refractivity contribution is 5.78. The molecule has 152 valence electrons. The molecule has 2 atom stereocenters. The maximum absolute atomic E-state index is 11.9. The Bertz CT molecular complexity index is 713. The number of benzene rings is 1. The predicted molar refractivity (Wildman–Crippen MR) is 115 cm³/mol. The molecular weight excluding hydrogens is 346 g/mol. The zero-order valence-corrected chi connectivity index (χ0v) is 17.6. The minimum Gasteiger partial charge on any atom is -0.353 e. The number of amides is 1. The van der Waals surface area contributed by atoms with Gasteiger partial charge < -0.3 is 10.6 Å². The van der Waals surface area contributed by atoms with Crippen LogP contribution in [0.15, 0.2) is 35.9 Å². The van der Waals surface area contributed by atoms with Gasteiger partial charge in [0.15, 0.2) is 0 Å². The predicted octanol–water partition coefficient (Wildman–Crippen LogP) is 3.45. The van der Waals surface area contributed by atoms with E-state index >= 15 is 0 Å². The van der Waals surface area contributed by atoms with Crippen LogP contribution >= 0.6 is 0 Å². The van der Waals surface area contributed by atoms with E-state index in [1.54, 1.807) is 5.57 Å². The van der Waals surface area contributed by atoms with Gasteiger partial charge in [-0.1, -0.05) is 48.9 Å². The fourth-order valence-electron chi connectivity index (χ4n) is 5.27. The van der Waals surface area contributed by atoms with Gasteiger partial charge >= 0.3 is 0 Å². The molecule has 1 aromatic rings. The standard InChI is InChI=1S/C24H35N3O/c1-4-19(10-18-8-6-5-7-9-18)21-11-22(21)26-20-12-24(13-20)15-27(16-24)14-23(28)25-17(2)3/h5-10,17,20-22,26H,4,11-16H2,1-3H3,(H,25,28)/b19-10+/t21-,22+/m0/s1. The number of rotatable bonds is 8. The molecule has 2 saturated carbocycles. The van der Waals surface area contributed by atoms with Gasteiger partial charge in [-0.15, -0.1) is 0 Å². The quantitative estimate of drug-likeness (QED) is 0.725. The molecular formula is C24H35N3O. The average Bonchev–Trinajstić information content (AvgIpc) is 3.35. The summed E-state index contributed by atoms with van der Waals surface area (Å²) >= 11 is 0. The van der Waals surface area contributed by atoms with Crippen molar-refractivity contribution >= 4 is 12.0 Å². The van der Waals surface area contributed by atoms with Crippen molar-refractivity contribution in [2.24, 2.45) is 11.3 Å². The lowest BCUT2D eigenvalue weighted by atomic mass is 9.60. The average molecular weight is 382 g/mol. The maximum atomic E-state index is 11.9. The Balaban J connectivity index is 1.18. The molecule has 3 fully saturated rings. The highest BCUT2D eigenvalue weighted by Gasteiger charge is 2.54. The maximum Gasteiger partial charge on any atom is 0.234 e. The Morgan fingerprint density at radius 3 is 2.61 bits per heavy atom. The summed E-state index contributed by atoms with van der Waals surface area (Å²) in [5, 5.41) is 6.90. The zero-order valence-electron chi connectivity index (χ0n) is 17.6. The van der Waals surface area contributed by atoms with Crippen LogP contribution in [0.25, 0.3) is 6.08 Å². The van der Waals surface area contributed by atoms with Crippen LogP contribution in [0.1, 0.15) is 52.0 Å². The van der Waals surface area contributed by atoms with E-state index < -0.39 is 0 Å². The van der Waals surface area contributed by atoms with Gasteiger partial charge in [-0.05, 0) is 56.4 Å². The molecule has 1 aliphatic heterocycles. The molecule has 0 unspecified atom stereocenters. The largest absolute Gasteiger partial charge is 0.353 e. The van der Waals surface area contributed by atoms with Gasteiger partial charge in [0.2, 0.25) is 5.91 Å². The molecule has 0 radical (unpaired) electrons. The molecule has 4 rings (SSSR count). The summed E-state index contributed by atoms with van der Waals surface area (Å²) in [5.74, 6) is 0.886. The number of nitrogens with zero attached hydrogens (tertiary/aromatic N) is 1. The number of carbonyl (C=O) groups is 1. The fraction of sp³-hybridized carbons (Fsp3) is 0.625. The van der Waals surface area contributed by atoms with Crippen molar-refractivity contribution in [3.05, 3.63) is 41.5 Å². The first-order valence-electron chi connectivity index (χ1n) is 11.0. The fourth-order valence-corrected chi connectivity index (χ4v) is 5.27. The minimum absolute atomic E-state index is 0.164. The second-order valence-corrected chi connectivity index (χ2v) is 9.57. The number of nitrogens with one attached hydrogen (secondary N) is 2. The van der Waals surface area contributed by atoms with E-state index in [1.165, 1.54) is 24.8 Å². The van der Waals surface area contributed by atoms with Crippen LogP contribution in [0.4, 0.5) is 0 Å². The molecule has 2 aliphatic carbocycles. The molecule has 2 N–H and O–H groups in total. The smallest absolute Gasteiger partial charge is 0.234 e. The molecule has 0 aromatic heterocycles. The van der Waals surface area contributed by atoms with Crippen molar-refractivity contribution in [1.82, 2.24) is 15.5 Å². The lowest BCUT2D eigenvalue weighted by Crippen LogP contribution is -2.67. The minimum atomic E-state index is 0.164. The summed E-state index contributed by atoms with van der Waals surface area (Å²) < 4.78 is 0. The van der Waals surface area contributed by atoms with E-state index in [4.69, 9.17) is 0 Å². The zero-order chi connectivity index (χ0) is 19.7. The first-order chi connectivity index (χ1) is 13.5. The summed E-state index contributed by atoms with van der Waals surface area (Å²) in [6, 6.07) is 12.3. The van der Waals surface area contributed by atoms with Crippen LogP contribution in [0.3, 0.4) is 0 Å². The molecule has 1 saturated heterocycles. The topological polar surface area (TPSA) is 44.4 Å². The third kappa shape index (κ3) is 4.49. The van der Waals surface area contributed by atoms with Crippen molar-refractivity contribution in [1.29, 1.82) is 0 Å². The molecule has 3 aliphatic rings. The molecule has 4 nitrogen and oxygen atoms in total. The van der Waals surface area contributed by atoms with Crippen LogP contribution in [0, 0.1) is 11.3 Å². The molecule has 4 heteroatoms. The van der Waals surface area contributed by atoms with Gasteiger partial charge in [0, 0.05) is 31.2 Å². The Hall–Kier alpha value is -1.65. The van der Waals surface area contributed by atoms with Gasteiger partial charge in [0.1, 0.15) is 0 Å². The summed E-state index contributed by atoms with van der Waals surface area (Å²) in [5.41, 5.74) is 3.40. The molecule has 28 heavy (non-hydrogen) atoms. The number of carbonyl (C=O) groups excluding carboxylic acids is 1. The van der Waals surface area contributed by atoms with Crippen LogP contribution in [-0.4, -0.2) is 48.6 Å². The second-order valence-electron chi connectivity index (χ2n) is 9.57. The van der Waals surface area contributed by atoms with Gasteiger partial charge in [0.25, 0.3) is 0 Å². The third-order valence-electron chi connectivity index (χ3n) is 6.57.